The standard InChI is InChI=1S/C20H22N2O3/c1-24-17-3-2-4-18(12-17)25-13-19-15-5-6-16(11-15)22(19)20(23)14-7-9-21-10-8-14/h2-4,7-10,12,15-16,19H,5-6,11,13H2,1H3/t15-,16-,19-/m0/s1. The Balaban J connectivity index is 1.50. The Morgan fingerprint density at radius 2 is 2.00 bits per heavy atom. The van der Waals surface area contributed by atoms with E-state index in [-0.39, 0.29) is 11.9 Å². The van der Waals surface area contributed by atoms with Gasteiger partial charge >= 0.3 is 0 Å². The highest BCUT2D eigenvalue weighted by Gasteiger charge is 2.48. The molecule has 1 saturated heterocycles. The Hall–Kier alpha value is -2.56. The molecule has 2 heterocycles. The maximum absolute atomic E-state index is 13.0. The normalized spacial score (nSPS) is 24.4. The van der Waals surface area contributed by atoms with Gasteiger partial charge in [0.25, 0.3) is 5.91 Å². The van der Waals surface area contributed by atoms with E-state index in [0.717, 1.165) is 24.3 Å². The molecule has 2 bridgehead atoms. The molecule has 1 amide bonds. The van der Waals surface area contributed by atoms with Crippen LogP contribution in [0.4, 0.5) is 0 Å². The zero-order valence-electron chi connectivity index (χ0n) is 14.3. The lowest BCUT2D eigenvalue weighted by molar-refractivity contribution is 0.0505. The number of ether oxygens (including phenoxy) is 2. The van der Waals surface area contributed by atoms with Crippen molar-refractivity contribution in [1.82, 2.24) is 9.88 Å². The summed E-state index contributed by atoms with van der Waals surface area (Å²) in [7, 11) is 1.64. The molecule has 0 unspecified atom stereocenters. The SMILES string of the molecule is COc1cccc(OC[C@H]2[C@H]3CC[C@@H](C3)N2C(=O)c2ccncc2)c1. The van der Waals surface area contributed by atoms with E-state index >= 15 is 0 Å². The summed E-state index contributed by atoms with van der Waals surface area (Å²) in [4.78, 5) is 19.0. The lowest BCUT2D eigenvalue weighted by Gasteiger charge is -2.35. The fraction of sp³-hybridized carbons (Fsp3) is 0.400. The van der Waals surface area contributed by atoms with Crippen molar-refractivity contribution in [2.45, 2.75) is 31.3 Å². The first-order valence-electron chi connectivity index (χ1n) is 8.76. The molecule has 0 N–H and O–H groups in total. The molecule has 1 aliphatic carbocycles. The molecule has 2 aliphatic rings. The molecule has 5 nitrogen and oxygen atoms in total. The largest absolute Gasteiger partial charge is 0.497 e. The van der Waals surface area contributed by atoms with Gasteiger partial charge in [0.05, 0.1) is 13.2 Å². The summed E-state index contributed by atoms with van der Waals surface area (Å²) >= 11 is 0. The van der Waals surface area contributed by atoms with Crippen molar-refractivity contribution in [2.75, 3.05) is 13.7 Å². The smallest absolute Gasteiger partial charge is 0.254 e. The molecular weight excluding hydrogens is 316 g/mol. The number of pyridine rings is 1. The van der Waals surface area contributed by atoms with E-state index < -0.39 is 0 Å². The van der Waals surface area contributed by atoms with Crippen molar-refractivity contribution in [1.29, 1.82) is 0 Å². The summed E-state index contributed by atoms with van der Waals surface area (Å²) in [6, 6.07) is 11.6. The van der Waals surface area contributed by atoms with Gasteiger partial charge in [0.15, 0.2) is 0 Å². The highest BCUT2D eigenvalue weighted by molar-refractivity contribution is 5.94. The summed E-state index contributed by atoms with van der Waals surface area (Å²) < 4.78 is 11.3. The molecule has 0 spiro atoms. The van der Waals surface area contributed by atoms with Crippen LogP contribution in [0.25, 0.3) is 0 Å². The molecule has 1 aromatic carbocycles. The number of likely N-dealkylation sites (tertiary alicyclic amines) is 1. The number of piperidine rings is 1. The molecule has 1 aromatic heterocycles. The molecule has 1 saturated carbocycles. The van der Waals surface area contributed by atoms with E-state index in [1.165, 1.54) is 6.42 Å². The van der Waals surface area contributed by atoms with Crippen LogP contribution in [0.15, 0.2) is 48.8 Å². The third kappa shape index (κ3) is 3.06. The predicted octanol–water partition coefficient (Wildman–Crippen LogP) is 3.16. The Bertz CT molecular complexity index is 750. The van der Waals surface area contributed by atoms with Gasteiger partial charge in [0.1, 0.15) is 18.1 Å². The lowest BCUT2D eigenvalue weighted by Crippen LogP contribution is -2.47. The zero-order valence-corrected chi connectivity index (χ0v) is 14.3. The molecule has 0 radical (unpaired) electrons. The quantitative estimate of drug-likeness (QED) is 0.840. The molecular formula is C20H22N2O3. The highest BCUT2D eigenvalue weighted by Crippen LogP contribution is 2.43. The van der Waals surface area contributed by atoms with E-state index in [2.05, 4.69) is 4.98 Å². The number of fused-ring (bicyclic) bond motifs is 2. The van der Waals surface area contributed by atoms with E-state index in [9.17, 15) is 4.79 Å². The molecule has 3 atom stereocenters. The lowest BCUT2D eigenvalue weighted by atomic mass is 9.98. The molecule has 2 fully saturated rings. The van der Waals surface area contributed by atoms with Gasteiger partial charge in [-0.15, -0.1) is 0 Å². The fourth-order valence-corrected chi connectivity index (χ4v) is 4.14. The van der Waals surface area contributed by atoms with Crippen molar-refractivity contribution in [3.05, 3.63) is 54.4 Å². The predicted molar refractivity (Wildman–Crippen MR) is 93.8 cm³/mol. The molecule has 1 aliphatic heterocycles. The minimum absolute atomic E-state index is 0.0915. The number of methoxy groups -OCH3 is 1. The van der Waals surface area contributed by atoms with Gasteiger partial charge in [-0.1, -0.05) is 6.07 Å². The van der Waals surface area contributed by atoms with E-state index in [4.69, 9.17) is 9.47 Å². The number of carbonyl (C=O) groups is 1. The van der Waals surface area contributed by atoms with Crippen LogP contribution in [-0.2, 0) is 0 Å². The Kier molecular flexibility index (Phi) is 4.30. The number of hydrogen-bond donors (Lipinski definition) is 0. The Morgan fingerprint density at radius 3 is 2.80 bits per heavy atom. The summed E-state index contributed by atoms with van der Waals surface area (Å²) in [6.07, 6.45) is 6.70. The number of nitrogens with zero attached hydrogens (tertiary/aromatic N) is 2. The van der Waals surface area contributed by atoms with Crippen LogP contribution in [0.1, 0.15) is 29.6 Å². The number of rotatable bonds is 5. The minimum Gasteiger partial charge on any atom is -0.497 e. The third-order valence-electron chi connectivity index (χ3n) is 5.36. The van der Waals surface area contributed by atoms with Crippen LogP contribution in [0.3, 0.4) is 0 Å². The van der Waals surface area contributed by atoms with Crippen LogP contribution >= 0.6 is 0 Å². The van der Waals surface area contributed by atoms with Crippen molar-refractivity contribution < 1.29 is 14.3 Å². The second kappa shape index (κ2) is 6.75. The van der Waals surface area contributed by atoms with Crippen molar-refractivity contribution in [3.8, 4) is 11.5 Å². The van der Waals surface area contributed by atoms with E-state index in [0.29, 0.717) is 24.1 Å². The molecule has 5 heteroatoms. The first-order valence-corrected chi connectivity index (χ1v) is 8.76. The van der Waals surface area contributed by atoms with Gasteiger partial charge in [-0.25, -0.2) is 0 Å². The van der Waals surface area contributed by atoms with Crippen LogP contribution in [0.5, 0.6) is 11.5 Å². The number of carbonyl (C=O) groups excluding carboxylic acids is 1. The number of amides is 1. The first kappa shape index (κ1) is 15.9. The molecule has 130 valence electrons. The average Bonchev–Trinajstić information content (AvgIpc) is 3.28. The number of aromatic nitrogens is 1. The molecule has 4 rings (SSSR count). The van der Waals surface area contributed by atoms with Crippen LogP contribution in [0, 0.1) is 5.92 Å². The Labute approximate surface area is 147 Å². The monoisotopic (exact) mass is 338 g/mol. The van der Waals surface area contributed by atoms with Crippen molar-refractivity contribution in [2.24, 2.45) is 5.92 Å². The highest BCUT2D eigenvalue weighted by atomic mass is 16.5. The number of benzene rings is 1. The fourth-order valence-electron chi connectivity index (χ4n) is 4.14. The van der Waals surface area contributed by atoms with Gasteiger partial charge in [0, 0.05) is 30.1 Å². The van der Waals surface area contributed by atoms with E-state index in [1.807, 2.05) is 29.2 Å². The second-order valence-corrected chi connectivity index (χ2v) is 6.73. The summed E-state index contributed by atoms with van der Waals surface area (Å²) in [5.41, 5.74) is 0.703. The number of hydrogen-bond acceptors (Lipinski definition) is 4. The third-order valence-corrected chi connectivity index (χ3v) is 5.36. The topological polar surface area (TPSA) is 51.7 Å². The van der Waals surface area contributed by atoms with E-state index in [1.54, 1.807) is 31.6 Å². The molecule has 25 heavy (non-hydrogen) atoms. The molecule has 2 aromatic rings. The summed E-state index contributed by atoms with van der Waals surface area (Å²) in [5, 5.41) is 0. The van der Waals surface area contributed by atoms with Gasteiger partial charge in [0.2, 0.25) is 0 Å². The van der Waals surface area contributed by atoms with Gasteiger partial charge in [-0.05, 0) is 49.4 Å². The first-order chi connectivity index (χ1) is 12.3. The minimum atomic E-state index is 0.0915. The van der Waals surface area contributed by atoms with Gasteiger partial charge in [-0.3, -0.25) is 9.78 Å². The summed E-state index contributed by atoms with van der Waals surface area (Å²) in [5.74, 6) is 2.17. The average molecular weight is 338 g/mol. The van der Waals surface area contributed by atoms with Crippen LogP contribution in [0.2, 0.25) is 0 Å². The second-order valence-electron chi connectivity index (χ2n) is 6.73. The maximum Gasteiger partial charge on any atom is 0.254 e. The summed E-state index contributed by atoms with van der Waals surface area (Å²) in [6.45, 7) is 0.519. The van der Waals surface area contributed by atoms with Crippen molar-refractivity contribution >= 4 is 5.91 Å². The van der Waals surface area contributed by atoms with Crippen molar-refractivity contribution in [3.63, 3.8) is 0 Å². The van der Waals surface area contributed by atoms with Gasteiger partial charge < -0.3 is 14.4 Å². The van der Waals surface area contributed by atoms with Crippen LogP contribution < -0.4 is 9.47 Å². The maximum atomic E-state index is 13.0. The zero-order chi connectivity index (χ0) is 17.2. The Morgan fingerprint density at radius 1 is 1.20 bits per heavy atom. The van der Waals surface area contributed by atoms with Gasteiger partial charge in [-0.2, -0.15) is 0 Å². The van der Waals surface area contributed by atoms with Crippen LogP contribution in [-0.4, -0.2) is 41.6 Å².